The summed E-state index contributed by atoms with van der Waals surface area (Å²) in [7, 11) is 0. The molecule has 1 heterocycles. The number of amidine groups is 1. The standard InChI is InChI=1S/C10H17N3/c11-10-7-6-9(12-13-10)8-4-2-1-3-5-8/h8H,1-7H2,(H2,11,13). The van der Waals surface area contributed by atoms with Gasteiger partial charge in [-0.2, -0.15) is 5.10 Å². The molecule has 0 unspecified atom stereocenters. The Bertz CT molecular complexity index is 237. The van der Waals surface area contributed by atoms with E-state index in [1.807, 2.05) is 0 Å². The minimum Gasteiger partial charge on any atom is -0.386 e. The van der Waals surface area contributed by atoms with Gasteiger partial charge in [0.2, 0.25) is 0 Å². The van der Waals surface area contributed by atoms with E-state index in [1.54, 1.807) is 0 Å². The molecule has 2 aliphatic rings. The van der Waals surface area contributed by atoms with E-state index in [1.165, 1.54) is 37.8 Å². The summed E-state index contributed by atoms with van der Waals surface area (Å²) in [5, 5.41) is 8.18. The number of nitrogens with two attached hydrogens (primary N) is 1. The fourth-order valence-corrected chi connectivity index (χ4v) is 2.21. The molecule has 0 aromatic rings. The second-order valence-corrected chi connectivity index (χ2v) is 4.02. The van der Waals surface area contributed by atoms with Crippen molar-refractivity contribution in [2.24, 2.45) is 21.9 Å². The van der Waals surface area contributed by atoms with Crippen LogP contribution >= 0.6 is 0 Å². The van der Waals surface area contributed by atoms with E-state index in [4.69, 9.17) is 5.73 Å². The van der Waals surface area contributed by atoms with Crippen LogP contribution in [0.1, 0.15) is 44.9 Å². The van der Waals surface area contributed by atoms with Crippen molar-refractivity contribution in [2.45, 2.75) is 44.9 Å². The van der Waals surface area contributed by atoms with Crippen LogP contribution < -0.4 is 5.73 Å². The predicted molar refractivity (Wildman–Crippen MR) is 54.9 cm³/mol. The molecule has 0 aromatic heterocycles. The average molecular weight is 179 g/mol. The lowest BCUT2D eigenvalue weighted by Crippen LogP contribution is -2.23. The Morgan fingerprint density at radius 3 is 2.38 bits per heavy atom. The van der Waals surface area contributed by atoms with Crippen molar-refractivity contribution in [3.63, 3.8) is 0 Å². The van der Waals surface area contributed by atoms with E-state index in [9.17, 15) is 0 Å². The number of hydrogen-bond donors (Lipinski definition) is 1. The van der Waals surface area contributed by atoms with Crippen molar-refractivity contribution in [2.75, 3.05) is 0 Å². The number of hydrogen-bond acceptors (Lipinski definition) is 3. The van der Waals surface area contributed by atoms with Gasteiger partial charge in [-0.05, 0) is 25.2 Å². The Labute approximate surface area is 79.1 Å². The van der Waals surface area contributed by atoms with Gasteiger partial charge >= 0.3 is 0 Å². The van der Waals surface area contributed by atoms with E-state index in [-0.39, 0.29) is 0 Å². The van der Waals surface area contributed by atoms with Crippen LogP contribution in [0.5, 0.6) is 0 Å². The van der Waals surface area contributed by atoms with Gasteiger partial charge in [0, 0.05) is 12.1 Å². The molecule has 1 aliphatic heterocycles. The lowest BCUT2D eigenvalue weighted by molar-refractivity contribution is 0.434. The van der Waals surface area contributed by atoms with Crippen LogP contribution in [0.25, 0.3) is 0 Å². The summed E-state index contributed by atoms with van der Waals surface area (Å²) < 4.78 is 0. The molecule has 13 heavy (non-hydrogen) atoms. The molecule has 0 radical (unpaired) electrons. The summed E-state index contributed by atoms with van der Waals surface area (Å²) >= 11 is 0. The lowest BCUT2D eigenvalue weighted by atomic mass is 9.84. The smallest absolute Gasteiger partial charge is 0.122 e. The van der Waals surface area contributed by atoms with Crippen molar-refractivity contribution >= 4 is 11.5 Å². The zero-order valence-corrected chi connectivity index (χ0v) is 8.00. The van der Waals surface area contributed by atoms with Gasteiger partial charge in [0.25, 0.3) is 0 Å². The zero-order chi connectivity index (χ0) is 9.10. The summed E-state index contributed by atoms with van der Waals surface area (Å²) in [6.45, 7) is 0. The van der Waals surface area contributed by atoms with Crippen molar-refractivity contribution in [3.8, 4) is 0 Å². The molecule has 3 heteroatoms. The molecule has 0 spiro atoms. The Morgan fingerprint density at radius 1 is 1.00 bits per heavy atom. The third-order valence-corrected chi connectivity index (χ3v) is 3.02. The summed E-state index contributed by atoms with van der Waals surface area (Å²) in [6, 6.07) is 0. The van der Waals surface area contributed by atoms with E-state index >= 15 is 0 Å². The van der Waals surface area contributed by atoms with Gasteiger partial charge in [-0.3, -0.25) is 0 Å². The fourth-order valence-electron chi connectivity index (χ4n) is 2.21. The summed E-state index contributed by atoms with van der Waals surface area (Å²) in [5.74, 6) is 1.41. The lowest BCUT2D eigenvalue weighted by Gasteiger charge is -2.23. The van der Waals surface area contributed by atoms with Gasteiger partial charge in [-0.25, -0.2) is 0 Å². The highest BCUT2D eigenvalue weighted by Crippen LogP contribution is 2.27. The van der Waals surface area contributed by atoms with E-state index < -0.39 is 0 Å². The Kier molecular flexibility index (Phi) is 2.62. The summed E-state index contributed by atoms with van der Waals surface area (Å²) in [6.07, 6.45) is 8.71. The molecule has 0 bridgehead atoms. The Balaban J connectivity index is 1.99. The molecular weight excluding hydrogens is 162 g/mol. The number of rotatable bonds is 1. The first-order valence-electron chi connectivity index (χ1n) is 5.25. The largest absolute Gasteiger partial charge is 0.386 e. The van der Waals surface area contributed by atoms with Crippen molar-refractivity contribution in [1.82, 2.24) is 0 Å². The van der Waals surface area contributed by atoms with Gasteiger partial charge < -0.3 is 5.73 Å². The van der Waals surface area contributed by atoms with Gasteiger partial charge in [0.05, 0.1) is 0 Å². The first-order valence-corrected chi connectivity index (χ1v) is 5.25. The summed E-state index contributed by atoms with van der Waals surface area (Å²) in [4.78, 5) is 0. The van der Waals surface area contributed by atoms with Crippen LogP contribution in [0.15, 0.2) is 10.2 Å². The van der Waals surface area contributed by atoms with E-state index in [2.05, 4.69) is 10.2 Å². The molecule has 0 saturated heterocycles. The fraction of sp³-hybridized carbons (Fsp3) is 0.800. The van der Waals surface area contributed by atoms with Crippen molar-refractivity contribution in [1.29, 1.82) is 0 Å². The summed E-state index contributed by atoms with van der Waals surface area (Å²) in [5.41, 5.74) is 6.87. The molecule has 72 valence electrons. The van der Waals surface area contributed by atoms with Gasteiger partial charge in [0.15, 0.2) is 0 Å². The van der Waals surface area contributed by atoms with Crippen molar-refractivity contribution in [3.05, 3.63) is 0 Å². The minimum absolute atomic E-state index is 0.694. The molecule has 1 aliphatic carbocycles. The Hall–Kier alpha value is -0.860. The third kappa shape index (κ3) is 2.08. The van der Waals surface area contributed by atoms with Crippen LogP contribution in [0, 0.1) is 5.92 Å². The average Bonchev–Trinajstić information content (AvgIpc) is 2.20. The molecule has 1 saturated carbocycles. The second kappa shape index (κ2) is 3.90. The van der Waals surface area contributed by atoms with Gasteiger partial charge in [0.1, 0.15) is 5.84 Å². The van der Waals surface area contributed by atoms with Crippen molar-refractivity contribution < 1.29 is 0 Å². The predicted octanol–water partition coefficient (Wildman–Crippen LogP) is 2.07. The monoisotopic (exact) mass is 179 g/mol. The molecule has 0 amide bonds. The maximum Gasteiger partial charge on any atom is 0.122 e. The zero-order valence-electron chi connectivity index (χ0n) is 8.00. The molecular formula is C10H17N3. The normalized spacial score (nSPS) is 25.2. The minimum atomic E-state index is 0.694. The molecule has 2 rings (SSSR count). The molecule has 0 aromatic carbocycles. The third-order valence-electron chi connectivity index (χ3n) is 3.02. The van der Waals surface area contributed by atoms with Gasteiger partial charge in [-0.1, -0.05) is 19.3 Å². The SMILES string of the molecule is NC1=NN=C(C2CCCCC2)CC1. The van der Waals surface area contributed by atoms with E-state index in [0.717, 1.165) is 12.8 Å². The molecule has 3 nitrogen and oxygen atoms in total. The first-order chi connectivity index (χ1) is 6.36. The molecule has 2 N–H and O–H groups in total. The Morgan fingerprint density at radius 2 is 1.77 bits per heavy atom. The van der Waals surface area contributed by atoms with Crippen LogP contribution in [0.3, 0.4) is 0 Å². The highest BCUT2D eigenvalue weighted by atomic mass is 15.2. The number of nitrogens with zero attached hydrogens (tertiary/aromatic N) is 2. The topological polar surface area (TPSA) is 50.7 Å². The van der Waals surface area contributed by atoms with Gasteiger partial charge in [-0.15, -0.1) is 5.10 Å². The maximum atomic E-state index is 5.57. The van der Waals surface area contributed by atoms with Crippen LogP contribution in [-0.2, 0) is 0 Å². The van der Waals surface area contributed by atoms with Crippen LogP contribution in [-0.4, -0.2) is 11.5 Å². The second-order valence-electron chi connectivity index (χ2n) is 4.02. The van der Waals surface area contributed by atoms with Crippen LogP contribution in [0.2, 0.25) is 0 Å². The highest BCUT2D eigenvalue weighted by Gasteiger charge is 2.20. The maximum absolute atomic E-state index is 5.57. The van der Waals surface area contributed by atoms with Crippen LogP contribution in [0.4, 0.5) is 0 Å². The first kappa shape index (κ1) is 8.73. The highest BCUT2D eigenvalue weighted by molar-refractivity contribution is 5.94. The quantitative estimate of drug-likeness (QED) is 0.658. The van der Waals surface area contributed by atoms with E-state index in [0.29, 0.717) is 11.8 Å². The molecule has 0 atom stereocenters. The molecule has 1 fully saturated rings.